The summed E-state index contributed by atoms with van der Waals surface area (Å²) >= 11 is 0. The monoisotopic (exact) mass is 310 g/mol. The Morgan fingerprint density at radius 2 is 1.90 bits per heavy atom. The van der Waals surface area contributed by atoms with Crippen LogP contribution in [0, 0.1) is 19.3 Å². The molecule has 5 heteroatoms. The van der Waals surface area contributed by atoms with E-state index in [-0.39, 0.29) is 5.41 Å². The van der Waals surface area contributed by atoms with E-state index in [1.54, 1.807) is 6.07 Å². The molecule has 0 aromatic heterocycles. The van der Waals surface area contributed by atoms with E-state index in [0.717, 1.165) is 29.5 Å². The first-order valence-electron chi connectivity index (χ1n) is 7.52. The van der Waals surface area contributed by atoms with Gasteiger partial charge in [0.15, 0.2) is 0 Å². The summed E-state index contributed by atoms with van der Waals surface area (Å²) in [4.78, 5) is 0.413. The number of nitrogens with one attached hydrogen (secondary N) is 2. The van der Waals surface area contributed by atoms with Crippen molar-refractivity contribution in [2.45, 2.75) is 51.5 Å². The Morgan fingerprint density at radius 1 is 1.24 bits per heavy atom. The lowest BCUT2D eigenvalue weighted by Gasteiger charge is -2.38. The zero-order valence-corrected chi connectivity index (χ0v) is 14.2. The fraction of sp³-hybridized carbons (Fsp3) is 0.625. The normalized spacial score (nSPS) is 17.5. The molecule has 0 heterocycles. The first-order chi connectivity index (χ1) is 9.77. The quantitative estimate of drug-likeness (QED) is 0.849. The summed E-state index contributed by atoms with van der Waals surface area (Å²) in [6.07, 6.45) is 3.41. The van der Waals surface area contributed by atoms with E-state index in [0.29, 0.717) is 18.0 Å². The van der Waals surface area contributed by atoms with Gasteiger partial charge in [-0.3, -0.25) is 0 Å². The average Bonchev–Trinajstić information content (AvgIpc) is 2.38. The van der Waals surface area contributed by atoms with Crippen LogP contribution in [0.25, 0.3) is 0 Å². The van der Waals surface area contributed by atoms with Crippen LogP contribution in [-0.2, 0) is 16.6 Å². The molecule has 0 saturated heterocycles. The second-order valence-corrected chi connectivity index (χ2v) is 8.29. The van der Waals surface area contributed by atoms with Gasteiger partial charge in [-0.05, 0) is 61.9 Å². The molecule has 0 radical (unpaired) electrons. The highest BCUT2D eigenvalue weighted by Gasteiger charge is 2.33. The number of hydrogen-bond donors (Lipinski definition) is 2. The Bertz CT molecular complexity index is 619. The predicted molar refractivity (Wildman–Crippen MR) is 85.8 cm³/mol. The van der Waals surface area contributed by atoms with Crippen LogP contribution in [0.2, 0.25) is 0 Å². The van der Waals surface area contributed by atoms with Crippen molar-refractivity contribution in [2.75, 3.05) is 13.6 Å². The Labute approximate surface area is 128 Å². The molecule has 2 rings (SSSR count). The number of benzene rings is 1. The summed E-state index contributed by atoms with van der Waals surface area (Å²) in [6, 6.07) is 3.82. The molecule has 1 aromatic rings. The van der Waals surface area contributed by atoms with Gasteiger partial charge >= 0.3 is 0 Å². The van der Waals surface area contributed by atoms with Gasteiger partial charge < -0.3 is 5.32 Å². The average molecular weight is 310 g/mol. The molecule has 0 amide bonds. The van der Waals surface area contributed by atoms with Crippen molar-refractivity contribution in [3.8, 4) is 0 Å². The minimum atomic E-state index is -3.44. The summed E-state index contributed by atoms with van der Waals surface area (Å²) in [7, 11) is -1.58. The maximum atomic E-state index is 12.6. The van der Waals surface area contributed by atoms with Gasteiger partial charge in [0.25, 0.3) is 0 Å². The van der Waals surface area contributed by atoms with Gasteiger partial charge in [-0.25, -0.2) is 13.1 Å². The highest BCUT2D eigenvalue weighted by Crippen LogP contribution is 2.39. The highest BCUT2D eigenvalue weighted by molar-refractivity contribution is 7.89. The highest BCUT2D eigenvalue weighted by atomic mass is 32.2. The van der Waals surface area contributed by atoms with Crippen LogP contribution in [0.3, 0.4) is 0 Å². The lowest BCUT2D eigenvalue weighted by atomic mass is 9.71. The summed E-state index contributed by atoms with van der Waals surface area (Å²) in [5, 5.41) is 3.07. The fourth-order valence-corrected chi connectivity index (χ4v) is 4.35. The van der Waals surface area contributed by atoms with Crippen molar-refractivity contribution in [1.82, 2.24) is 10.0 Å². The maximum absolute atomic E-state index is 12.6. The number of hydrogen-bond acceptors (Lipinski definition) is 3. The second kappa shape index (κ2) is 6.07. The molecule has 118 valence electrons. The zero-order valence-electron chi connectivity index (χ0n) is 13.4. The molecular formula is C16H26N2O2S. The summed E-state index contributed by atoms with van der Waals surface area (Å²) in [5.74, 6) is 0. The van der Waals surface area contributed by atoms with Crippen molar-refractivity contribution in [1.29, 1.82) is 0 Å². The van der Waals surface area contributed by atoms with E-state index in [1.165, 1.54) is 6.42 Å². The number of sulfonamides is 1. The zero-order chi connectivity index (χ0) is 15.7. The molecule has 0 bridgehead atoms. The molecule has 1 aromatic carbocycles. The van der Waals surface area contributed by atoms with Crippen molar-refractivity contribution < 1.29 is 8.42 Å². The molecular weight excluding hydrogens is 284 g/mol. The van der Waals surface area contributed by atoms with Gasteiger partial charge in [-0.15, -0.1) is 0 Å². The Hall–Kier alpha value is -0.910. The molecule has 0 aliphatic heterocycles. The van der Waals surface area contributed by atoms with Gasteiger partial charge in [-0.2, -0.15) is 0 Å². The van der Waals surface area contributed by atoms with E-state index >= 15 is 0 Å². The van der Waals surface area contributed by atoms with Crippen molar-refractivity contribution in [3.63, 3.8) is 0 Å². The third-order valence-corrected chi connectivity index (χ3v) is 6.13. The van der Waals surface area contributed by atoms with E-state index in [1.807, 2.05) is 27.0 Å². The molecule has 1 aliphatic rings. The molecule has 0 spiro atoms. The van der Waals surface area contributed by atoms with Gasteiger partial charge in [-0.1, -0.05) is 19.4 Å². The van der Waals surface area contributed by atoms with Crippen molar-refractivity contribution in [3.05, 3.63) is 28.8 Å². The topological polar surface area (TPSA) is 58.2 Å². The van der Waals surface area contributed by atoms with Crippen LogP contribution in [0.5, 0.6) is 0 Å². The van der Waals surface area contributed by atoms with Gasteiger partial charge in [0, 0.05) is 13.1 Å². The summed E-state index contributed by atoms with van der Waals surface area (Å²) in [6.45, 7) is 7.18. The first-order valence-corrected chi connectivity index (χ1v) is 9.00. The van der Waals surface area contributed by atoms with Crippen molar-refractivity contribution >= 4 is 10.0 Å². The van der Waals surface area contributed by atoms with E-state index < -0.39 is 10.0 Å². The second-order valence-electron chi connectivity index (χ2n) is 6.55. The van der Waals surface area contributed by atoms with Gasteiger partial charge in [0.2, 0.25) is 10.0 Å². The third kappa shape index (κ3) is 3.65. The van der Waals surface area contributed by atoms with E-state index in [2.05, 4.69) is 17.0 Å². The molecule has 4 nitrogen and oxygen atoms in total. The van der Waals surface area contributed by atoms with Crippen LogP contribution in [0.4, 0.5) is 0 Å². The minimum Gasteiger partial charge on any atom is -0.316 e. The predicted octanol–water partition coefficient (Wildman–Crippen LogP) is 2.49. The Morgan fingerprint density at radius 3 is 2.43 bits per heavy atom. The first kappa shape index (κ1) is 16.5. The molecule has 1 aliphatic carbocycles. The molecule has 0 atom stereocenters. The van der Waals surface area contributed by atoms with Crippen LogP contribution >= 0.6 is 0 Å². The molecule has 1 fully saturated rings. The van der Waals surface area contributed by atoms with E-state index in [4.69, 9.17) is 0 Å². The van der Waals surface area contributed by atoms with Crippen LogP contribution in [0.15, 0.2) is 17.0 Å². The standard InChI is InChI=1S/C16H26N2O2S/c1-12-8-14(10-17-4)9-15(13(12)2)21(19,20)18-11-16(3)6-5-7-16/h8-9,17-18H,5-7,10-11H2,1-4H3. The Balaban J connectivity index is 2.25. The number of rotatable bonds is 6. The lowest BCUT2D eigenvalue weighted by molar-refractivity contribution is 0.166. The largest absolute Gasteiger partial charge is 0.316 e. The fourth-order valence-electron chi connectivity index (χ4n) is 2.79. The summed E-state index contributed by atoms with van der Waals surface area (Å²) in [5.41, 5.74) is 2.98. The molecule has 1 saturated carbocycles. The smallest absolute Gasteiger partial charge is 0.240 e. The maximum Gasteiger partial charge on any atom is 0.240 e. The van der Waals surface area contributed by atoms with Crippen molar-refractivity contribution in [2.24, 2.45) is 5.41 Å². The molecule has 2 N–H and O–H groups in total. The van der Waals surface area contributed by atoms with Crippen LogP contribution in [-0.4, -0.2) is 22.0 Å². The van der Waals surface area contributed by atoms with Crippen LogP contribution in [0.1, 0.15) is 42.9 Å². The van der Waals surface area contributed by atoms with Gasteiger partial charge in [0.1, 0.15) is 0 Å². The van der Waals surface area contributed by atoms with E-state index in [9.17, 15) is 8.42 Å². The molecule has 21 heavy (non-hydrogen) atoms. The lowest BCUT2D eigenvalue weighted by Crippen LogP contribution is -2.40. The minimum absolute atomic E-state index is 0.138. The van der Waals surface area contributed by atoms with Gasteiger partial charge in [0.05, 0.1) is 4.90 Å². The Kier molecular flexibility index (Phi) is 4.76. The SMILES string of the molecule is CNCc1cc(C)c(C)c(S(=O)(=O)NCC2(C)CCC2)c1. The molecule has 0 unspecified atom stereocenters. The third-order valence-electron chi connectivity index (χ3n) is 4.60. The number of aryl methyl sites for hydroxylation is 1. The van der Waals surface area contributed by atoms with Crippen LogP contribution < -0.4 is 10.0 Å². The summed E-state index contributed by atoms with van der Waals surface area (Å²) < 4.78 is 28.0.